The molecule has 31 heavy (non-hydrogen) atoms. The number of aromatic nitrogens is 3. The first kappa shape index (κ1) is 20.0. The van der Waals surface area contributed by atoms with Crippen LogP contribution < -0.4 is 0 Å². The number of carbonyl (C=O) groups excluding carboxylic acids is 1. The van der Waals surface area contributed by atoms with E-state index < -0.39 is 0 Å². The van der Waals surface area contributed by atoms with E-state index >= 15 is 0 Å². The van der Waals surface area contributed by atoms with E-state index in [0.29, 0.717) is 47.7 Å². The molecular formula is C21H20ClN5O3S. The van der Waals surface area contributed by atoms with Gasteiger partial charge in [-0.25, -0.2) is 4.98 Å². The SMILES string of the molecule is Cc1nc2sc([C@@H](c3cccc(Cl)c3)N3CCN(C(=O)c4ccco4)CC3)c(O)n2n1. The third-order valence-corrected chi connectivity index (χ3v) is 6.72. The van der Waals surface area contributed by atoms with E-state index in [2.05, 4.69) is 15.0 Å². The Morgan fingerprint density at radius 3 is 2.71 bits per heavy atom. The average Bonchev–Trinajstić information content (AvgIpc) is 3.48. The Morgan fingerprint density at radius 1 is 1.23 bits per heavy atom. The van der Waals surface area contributed by atoms with E-state index in [1.165, 1.54) is 22.1 Å². The number of fused-ring (bicyclic) bond motifs is 1. The summed E-state index contributed by atoms with van der Waals surface area (Å²) in [5.74, 6) is 0.927. The molecule has 3 aromatic heterocycles. The smallest absolute Gasteiger partial charge is 0.289 e. The maximum absolute atomic E-state index is 12.6. The fourth-order valence-corrected chi connectivity index (χ4v) is 5.33. The topological polar surface area (TPSA) is 87.1 Å². The van der Waals surface area contributed by atoms with Gasteiger partial charge < -0.3 is 14.4 Å². The van der Waals surface area contributed by atoms with Crippen molar-refractivity contribution in [1.29, 1.82) is 0 Å². The lowest BCUT2D eigenvalue weighted by Gasteiger charge is -2.38. The van der Waals surface area contributed by atoms with Crippen molar-refractivity contribution < 1.29 is 14.3 Å². The monoisotopic (exact) mass is 457 g/mol. The summed E-state index contributed by atoms with van der Waals surface area (Å²) >= 11 is 7.70. The average molecular weight is 458 g/mol. The second-order valence-electron chi connectivity index (χ2n) is 7.41. The molecule has 1 aliphatic heterocycles. The van der Waals surface area contributed by atoms with Crippen molar-refractivity contribution in [2.75, 3.05) is 26.2 Å². The van der Waals surface area contributed by atoms with Gasteiger partial charge in [-0.05, 0) is 36.8 Å². The number of amides is 1. The number of aromatic hydroxyl groups is 1. The van der Waals surface area contributed by atoms with Crippen molar-refractivity contribution >= 4 is 33.8 Å². The zero-order valence-corrected chi connectivity index (χ0v) is 18.3. The second kappa shape index (κ2) is 7.99. The molecule has 0 saturated carbocycles. The molecular weight excluding hydrogens is 438 g/mol. The van der Waals surface area contributed by atoms with E-state index in [-0.39, 0.29) is 17.8 Å². The van der Waals surface area contributed by atoms with Crippen LogP contribution in [0.15, 0.2) is 47.1 Å². The van der Waals surface area contributed by atoms with Gasteiger partial charge in [0.1, 0.15) is 5.82 Å². The minimum atomic E-state index is -0.228. The quantitative estimate of drug-likeness (QED) is 0.504. The molecule has 0 unspecified atom stereocenters. The zero-order chi connectivity index (χ0) is 21.5. The summed E-state index contributed by atoms with van der Waals surface area (Å²) < 4.78 is 6.73. The van der Waals surface area contributed by atoms with Gasteiger partial charge >= 0.3 is 0 Å². The van der Waals surface area contributed by atoms with Crippen LogP contribution in [0.2, 0.25) is 5.02 Å². The van der Waals surface area contributed by atoms with Crippen LogP contribution in [0.1, 0.15) is 32.9 Å². The molecule has 1 fully saturated rings. The van der Waals surface area contributed by atoms with Crippen molar-refractivity contribution in [3.63, 3.8) is 0 Å². The van der Waals surface area contributed by atoms with Gasteiger partial charge in [0.15, 0.2) is 5.76 Å². The summed E-state index contributed by atoms with van der Waals surface area (Å²) in [5, 5.41) is 15.9. The molecule has 5 rings (SSSR count). The van der Waals surface area contributed by atoms with Crippen LogP contribution in [0, 0.1) is 6.92 Å². The molecule has 1 amide bonds. The Bertz CT molecular complexity index is 1230. The van der Waals surface area contributed by atoms with Gasteiger partial charge in [0.05, 0.1) is 17.2 Å². The summed E-state index contributed by atoms with van der Waals surface area (Å²) in [5.41, 5.74) is 0.967. The van der Waals surface area contributed by atoms with E-state index in [1.54, 1.807) is 24.0 Å². The number of benzene rings is 1. The van der Waals surface area contributed by atoms with Gasteiger partial charge in [0, 0.05) is 31.2 Å². The van der Waals surface area contributed by atoms with E-state index in [4.69, 9.17) is 16.0 Å². The van der Waals surface area contributed by atoms with Crippen LogP contribution in [0.4, 0.5) is 0 Å². The highest BCUT2D eigenvalue weighted by Gasteiger charge is 2.33. The Hall–Kier alpha value is -2.88. The summed E-state index contributed by atoms with van der Waals surface area (Å²) in [7, 11) is 0. The number of nitrogens with zero attached hydrogens (tertiary/aromatic N) is 5. The normalized spacial score (nSPS) is 16.1. The third-order valence-electron chi connectivity index (χ3n) is 5.42. The highest BCUT2D eigenvalue weighted by atomic mass is 35.5. The number of thiazole rings is 1. The molecule has 0 radical (unpaired) electrons. The van der Waals surface area contributed by atoms with Crippen LogP contribution in [-0.4, -0.2) is 61.6 Å². The fraction of sp³-hybridized carbons (Fsp3) is 0.286. The van der Waals surface area contributed by atoms with Crippen LogP contribution in [-0.2, 0) is 0 Å². The number of piperazine rings is 1. The maximum atomic E-state index is 12.6. The lowest BCUT2D eigenvalue weighted by atomic mass is 10.0. The highest BCUT2D eigenvalue weighted by molar-refractivity contribution is 7.17. The molecule has 1 atom stereocenters. The van der Waals surface area contributed by atoms with Gasteiger partial charge in [-0.2, -0.15) is 4.52 Å². The largest absolute Gasteiger partial charge is 0.492 e. The molecule has 1 aliphatic rings. The minimum Gasteiger partial charge on any atom is -0.492 e. The summed E-state index contributed by atoms with van der Waals surface area (Å²) in [6.45, 7) is 4.17. The Morgan fingerprint density at radius 2 is 2.03 bits per heavy atom. The van der Waals surface area contributed by atoms with Crippen LogP contribution >= 0.6 is 22.9 Å². The maximum Gasteiger partial charge on any atom is 0.289 e. The number of hydrogen-bond donors (Lipinski definition) is 1. The van der Waals surface area contributed by atoms with Crippen molar-refractivity contribution in [1.82, 2.24) is 24.4 Å². The molecule has 160 valence electrons. The predicted octanol–water partition coefficient (Wildman–Crippen LogP) is 3.60. The van der Waals surface area contributed by atoms with Gasteiger partial charge in [-0.1, -0.05) is 35.1 Å². The first-order chi connectivity index (χ1) is 15.0. The van der Waals surface area contributed by atoms with E-state index in [1.807, 2.05) is 24.3 Å². The Balaban J connectivity index is 1.46. The zero-order valence-electron chi connectivity index (χ0n) is 16.7. The number of rotatable bonds is 4. The number of aryl methyl sites for hydroxylation is 1. The molecule has 0 bridgehead atoms. The summed E-state index contributed by atoms with van der Waals surface area (Å²) in [6.07, 6.45) is 1.50. The first-order valence-corrected chi connectivity index (χ1v) is 11.1. The minimum absolute atomic E-state index is 0.0830. The van der Waals surface area contributed by atoms with E-state index in [0.717, 1.165) is 10.4 Å². The highest BCUT2D eigenvalue weighted by Crippen LogP contribution is 2.40. The lowest BCUT2D eigenvalue weighted by Crippen LogP contribution is -2.49. The molecule has 10 heteroatoms. The molecule has 8 nitrogen and oxygen atoms in total. The third kappa shape index (κ3) is 3.69. The van der Waals surface area contributed by atoms with Crippen molar-refractivity contribution in [3.05, 3.63) is 69.7 Å². The number of hydrogen-bond acceptors (Lipinski definition) is 7. The fourth-order valence-electron chi connectivity index (χ4n) is 3.97. The van der Waals surface area contributed by atoms with Crippen LogP contribution in [0.3, 0.4) is 0 Å². The summed E-state index contributed by atoms with van der Waals surface area (Å²) in [4.78, 5) is 22.5. The van der Waals surface area contributed by atoms with E-state index in [9.17, 15) is 9.90 Å². The molecule has 0 aliphatic carbocycles. The molecule has 4 heterocycles. The van der Waals surface area contributed by atoms with Gasteiger partial charge in [-0.15, -0.1) is 5.10 Å². The van der Waals surface area contributed by atoms with Crippen LogP contribution in [0.25, 0.3) is 4.96 Å². The van der Waals surface area contributed by atoms with Crippen molar-refractivity contribution in [2.24, 2.45) is 0 Å². The summed E-state index contributed by atoms with van der Waals surface area (Å²) in [6, 6.07) is 10.8. The molecule has 1 N–H and O–H groups in total. The number of halogens is 1. The number of carbonyl (C=O) groups is 1. The molecule has 1 saturated heterocycles. The van der Waals surface area contributed by atoms with Gasteiger partial charge in [0.25, 0.3) is 5.91 Å². The van der Waals surface area contributed by atoms with Crippen molar-refractivity contribution in [3.8, 4) is 5.88 Å². The predicted molar refractivity (Wildman–Crippen MR) is 117 cm³/mol. The Kier molecular flexibility index (Phi) is 5.17. The van der Waals surface area contributed by atoms with Crippen LogP contribution in [0.5, 0.6) is 5.88 Å². The lowest BCUT2D eigenvalue weighted by molar-refractivity contribution is 0.0568. The number of furan rings is 1. The standard InChI is InChI=1S/C21H20ClN5O3S/c1-13-23-21-27(24-13)20(29)18(31-21)17(14-4-2-5-15(22)12-14)25-7-9-26(10-8-25)19(28)16-6-3-11-30-16/h2-6,11-12,17,29H,7-10H2,1H3/t17-/m1/s1. The van der Waals surface area contributed by atoms with Gasteiger partial charge in [-0.3, -0.25) is 9.69 Å². The molecule has 4 aromatic rings. The first-order valence-electron chi connectivity index (χ1n) is 9.88. The van der Waals surface area contributed by atoms with Crippen molar-refractivity contribution in [2.45, 2.75) is 13.0 Å². The molecule has 1 aromatic carbocycles. The second-order valence-corrected chi connectivity index (χ2v) is 8.85. The Labute approximate surface area is 187 Å². The van der Waals surface area contributed by atoms with Gasteiger partial charge in [0.2, 0.25) is 10.8 Å². The molecule has 0 spiro atoms.